The molecule has 0 spiro atoms. The zero-order valence-corrected chi connectivity index (χ0v) is 11.8. The first-order chi connectivity index (χ1) is 9.58. The average molecular weight is 335 g/mol. The lowest BCUT2D eigenvalue weighted by Crippen LogP contribution is -2.17. The van der Waals surface area contributed by atoms with Gasteiger partial charge in [0.25, 0.3) is 5.91 Å². The number of rotatable bonds is 3. The maximum Gasteiger partial charge on any atom is 0.275 e. The van der Waals surface area contributed by atoms with Gasteiger partial charge in [0, 0.05) is 10.0 Å². The molecule has 0 aliphatic heterocycles. The summed E-state index contributed by atoms with van der Waals surface area (Å²) in [6.45, 7) is 0. The number of phenols is 2. The Bertz CT molecular complexity index is 671. The van der Waals surface area contributed by atoms with Crippen molar-refractivity contribution in [1.29, 1.82) is 0 Å². The van der Waals surface area contributed by atoms with Crippen LogP contribution in [0.25, 0.3) is 0 Å². The number of phenolic OH excluding ortho intramolecular Hbond substituents is 2. The van der Waals surface area contributed by atoms with Crippen molar-refractivity contribution < 1.29 is 15.0 Å². The van der Waals surface area contributed by atoms with Crippen LogP contribution in [0.4, 0.5) is 0 Å². The number of hydrogen-bond donors (Lipinski definition) is 3. The molecule has 6 heteroatoms. The lowest BCUT2D eigenvalue weighted by atomic mass is 10.2. The summed E-state index contributed by atoms with van der Waals surface area (Å²) in [7, 11) is 0. The quantitative estimate of drug-likeness (QED) is 0.596. The third-order valence-electron chi connectivity index (χ3n) is 2.51. The van der Waals surface area contributed by atoms with Gasteiger partial charge >= 0.3 is 0 Å². The topological polar surface area (TPSA) is 81.9 Å². The molecule has 0 atom stereocenters. The number of para-hydroxylation sites is 1. The van der Waals surface area contributed by atoms with Crippen molar-refractivity contribution >= 4 is 28.1 Å². The van der Waals surface area contributed by atoms with Crippen LogP contribution >= 0.6 is 15.9 Å². The first kappa shape index (κ1) is 14.1. The summed E-state index contributed by atoms with van der Waals surface area (Å²) in [6, 6.07) is 11.0. The number of halogens is 1. The van der Waals surface area contributed by atoms with Gasteiger partial charge in [-0.05, 0) is 30.3 Å². The number of aromatic hydroxyl groups is 2. The maximum absolute atomic E-state index is 11.8. The number of nitrogens with zero attached hydrogens (tertiary/aromatic N) is 1. The molecule has 0 saturated carbocycles. The second-order valence-electron chi connectivity index (χ2n) is 3.92. The van der Waals surface area contributed by atoms with Gasteiger partial charge in [0.15, 0.2) is 0 Å². The SMILES string of the molecule is O=C(N/N=C/c1cc(Br)ccc1O)c1ccccc1O. The fraction of sp³-hybridized carbons (Fsp3) is 0. The molecule has 0 aliphatic rings. The van der Waals surface area contributed by atoms with Gasteiger partial charge in [-0.3, -0.25) is 4.79 Å². The minimum atomic E-state index is -0.533. The molecule has 0 aromatic heterocycles. The van der Waals surface area contributed by atoms with Crippen LogP contribution in [-0.2, 0) is 0 Å². The Morgan fingerprint density at radius 1 is 1.15 bits per heavy atom. The zero-order chi connectivity index (χ0) is 14.5. The molecule has 3 N–H and O–H groups in total. The highest BCUT2D eigenvalue weighted by molar-refractivity contribution is 9.10. The summed E-state index contributed by atoms with van der Waals surface area (Å²) in [6.07, 6.45) is 1.32. The number of carbonyl (C=O) groups is 1. The van der Waals surface area contributed by atoms with E-state index in [1.807, 2.05) is 0 Å². The summed E-state index contributed by atoms with van der Waals surface area (Å²) in [5, 5.41) is 22.9. The van der Waals surface area contributed by atoms with Crippen LogP contribution in [-0.4, -0.2) is 22.3 Å². The second kappa shape index (κ2) is 6.21. The van der Waals surface area contributed by atoms with E-state index in [-0.39, 0.29) is 17.1 Å². The molecule has 0 bridgehead atoms. The Hall–Kier alpha value is -2.34. The number of carbonyl (C=O) groups excluding carboxylic acids is 1. The van der Waals surface area contributed by atoms with E-state index in [0.29, 0.717) is 5.56 Å². The zero-order valence-electron chi connectivity index (χ0n) is 10.2. The Labute approximate surface area is 123 Å². The van der Waals surface area contributed by atoms with Crippen LogP contribution in [0.5, 0.6) is 11.5 Å². The van der Waals surface area contributed by atoms with Gasteiger partial charge in [-0.25, -0.2) is 5.43 Å². The number of hydrogen-bond acceptors (Lipinski definition) is 4. The number of amides is 1. The van der Waals surface area contributed by atoms with E-state index >= 15 is 0 Å². The summed E-state index contributed by atoms with van der Waals surface area (Å²) in [5.74, 6) is -0.604. The predicted octanol–water partition coefficient (Wildman–Crippen LogP) is 2.62. The largest absolute Gasteiger partial charge is 0.507 e. The minimum absolute atomic E-state index is 0.0498. The lowest BCUT2D eigenvalue weighted by Gasteiger charge is -2.02. The molecule has 0 unspecified atom stereocenters. The average Bonchev–Trinajstić information content (AvgIpc) is 2.43. The van der Waals surface area contributed by atoms with Gasteiger partial charge in [-0.15, -0.1) is 0 Å². The Kier molecular flexibility index (Phi) is 4.37. The third-order valence-corrected chi connectivity index (χ3v) is 3.00. The van der Waals surface area contributed by atoms with E-state index in [1.165, 1.54) is 24.4 Å². The third kappa shape index (κ3) is 3.36. The standard InChI is InChI=1S/C14H11BrN2O3/c15-10-5-6-12(18)9(7-10)8-16-17-14(20)11-3-1-2-4-13(11)19/h1-8,18-19H,(H,17,20)/b16-8+. The van der Waals surface area contributed by atoms with Crippen molar-refractivity contribution in [2.24, 2.45) is 5.10 Å². The van der Waals surface area contributed by atoms with Gasteiger partial charge in [0.05, 0.1) is 11.8 Å². The van der Waals surface area contributed by atoms with E-state index < -0.39 is 5.91 Å². The van der Waals surface area contributed by atoms with Crippen molar-refractivity contribution in [2.75, 3.05) is 0 Å². The van der Waals surface area contributed by atoms with Crippen LogP contribution < -0.4 is 5.43 Å². The molecule has 2 rings (SSSR count). The highest BCUT2D eigenvalue weighted by atomic mass is 79.9. The van der Waals surface area contributed by atoms with Gasteiger partial charge in [-0.1, -0.05) is 28.1 Å². The normalized spacial score (nSPS) is 10.7. The van der Waals surface area contributed by atoms with E-state index in [2.05, 4.69) is 26.5 Å². The molecule has 5 nitrogen and oxygen atoms in total. The Balaban J connectivity index is 2.09. The van der Waals surface area contributed by atoms with E-state index in [1.54, 1.807) is 24.3 Å². The van der Waals surface area contributed by atoms with Crippen LogP contribution in [0.2, 0.25) is 0 Å². The highest BCUT2D eigenvalue weighted by Crippen LogP contribution is 2.20. The highest BCUT2D eigenvalue weighted by Gasteiger charge is 2.08. The molecule has 1 amide bonds. The summed E-state index contributed by atoms with van der Waals surface area (Å²) >= 11 is 3.27. The fourth-order valence-corrected chi connectivity index (χ4v) is 1.89. The van der Waals surface area contributed by atoms with Crippen molar-refractivity contribution in [2.45, 2.75) is 0 Å². The lowest BCUT2D eigenvalue weighted by molar-refractivity contribution is 0.0952. The summed E-state index contributed by atoms with van der Waals surface area (Å²) in [4.78, 5) is 11.8. The molecule has 2 aromatic rings. The van der Waals surface area contributed by atoms with Crippen molar-refractivity contribution in [1.82, 2.24) is 5.43 Å². The Morgan fingerprint density at radius 2 is 1.90 bits per heavy atom. The van der Waals surface area contributed by atoms with E-state index in [4.69, 9.17) is 0 Å². The van der Waals surface area contributed by atoms with E-state index in [0.717, 1.165) is 4.47 Å². The molecular weight excluding hydrogens is 324 g/mol. The molecule has 0 aliphatic carbocycles. The predicted molar refractivity (Wildman–Crippen MR) is 79.0 cm³/mol. The fourth-order valence-electron chi connectivity index (χ4n) is 1.52. The molecule has 102 valence electrons. The van der Waals surface area contributed by atoms with Crippen molar-refractivity contribution in [3.05, 3.63) is 58.1 Å². The number of benzene rings is 2. The van der Waals surface area contributed by atoms with Crippen LogP contribution in [0.1, 0.15) is 15.9 Å². The first-order valence-corrected chi connectivity index (χ1v) is 6.47. The molecule has 0 fully saturated rings. The van der Waals surface area contributed by atoms with Gasteiger partial charge < -0.3 is 10.2 Å². The molecular formula is C14H11BrN2O3. The van der Waals surface area contributed by atoms with Gasteiger partial charge in [-0.2, -0.15) is 5.10 Å². The summed E-state index contributed by atoms with van der Waals surface area (Å²) in [5.41, 5.74) is 2.86. The number of nitrogens with one attached hydrogen (secondary N) is 1. The maximum atomic E-state index is 11.8. The van der Waals surface area contributed by atoms with Crippen LogP contribution in [0.15, 0.2) is 52.0 Å². The van der Waals surface area contributed by atoms with Crippen molar-refractivity contribution in [3.63, 3.8) is 0 Å². The van der Waals surface area contributed by atoms with Gasteiger partial charge in [0.1, 0.15) is 11.5 Å². The minimum Gasteiger partial charge on any atom is -0.507 e. The first-order valence-electron chi connectivity index (χ1n) is 5.68. The Morgan fingerprint density at radius 3 is 2.65 bits per heavy atom. The van der Waals surface area contributed by atoms with Gasteiger partial charge in [0.2, 0.25) is 0 Å². The molecule has 0 saturated heterocycles. The van der Waals surface area contributed by atoms with Crippen LogP contribution in [0, 0.1) is 0 Å². The van der Waals surface area contributed by atoms with Crippen LogP contribution in [0.3, 0.4) is 0 Å². The monoisotopic (exact) mass is 334 g/mol. The molecule has 0 heterocycles. The second-order valence-corrected chi connectivity index (χ2v) is 4.84. The molecule has 0 radical (unpaired) electrons. The molecule has 20 heavy (non-hydrogen) atoms. The number of hydrazone groups is 1. The van der Waals surface area contributed by atoms with Crippen molar-refractivity contribution in [3.8, 4) is 11.5 Å². The van der Waals surface area contributed by atoms with E-state index in [9.17, 15) is 15.0 Å². The smallest absolute Gasteiger partial charge is 0.275 e. The summed E-state index contributed by atoms with van der Waals surface area (Å²) < 4.78 is 0.781. The molecule has 2 aromatic carbocycles.